The summed E-state index contributed by atoms with van der Waals surface area (Å²) in [5, 5.41) is 9.83. The SMILES string of the molecule is CN(C)/C=N/c1nnc(C(C)(C)C)s1. The molecular weight excluding hydrogens is 196 g/mol. The lowest BCUT2D eigenvalue weighted by Crippen LogP contribution is -2.10. The van der Waals surface area contributed by atoms with Crippen LogP contribution < -0.4 is 0 Å². The van der Waals surface area contributed by atoms with Crippen LogP contribution in [0, 0.1) is 0 Å². The van der Waals surface area contributed by atoms with Crippen LogP contribution in [0.4, 0.5) is 5.13 Å². The molecule has 0 spiro atoms. The molecule has 0 aliphatic heterocycles. The molecule has 1 rings (SSSR count). The van der Waals surface area contributed by atoms with Gasteiger partial charge in [0, 0.05) is 19.5 Å². The molecule has 0 amide bonds. The van der Waals surface area contributed by atoms with E-state index in [0.29, 0.717) is 5.13 Å². The molecular formula is C9H16N4S. The van der Waals surface area contributed by atoms with Gasteiger partial charge in [0.05, 0.1) is 6.34 Å². The standard InChI is InChI=1S/C9H16N4S/c1-9(2,3)7-11-12-8(14-7)10-6-13(4)5/h6H,1-5H3/b10-6+. The van der Waals surface area contributed by atoms with E-state index in [0.717, 1.165) is 5.01 Å². The molecule has 14 heavy (non-hydrogen) atoms. The third-order valence-electron chi connectivity index (χ3n) is 1.46. The van der Waals surface area contributed by atoms with Crippen LogP contribution in [0.25, 0.3) is 0 Å². The van der Waals surface area contributed by atoms with E-state index in [1.54, 1.807) is 6.34 Å². The Morgan fingerprint density at radius 1 is 1.29 bits per heavy atom. The minimum atomic E-state index is 0.0591. The third-order valence-corrected chi connectivity index (χ3v) is 2.71. The quantitative estimate of drug-likeness (QED) is 0.556. The van der Waals surface area contributed by atoms with E-state index >= 15 is 0 Å². The summed E-state index contributed by atoms with van der Waals surface area (Å²) < 4.78 is 0. The van der Waals surface area contributed by atoms with Gasteiger partial charge in [0.25, 0.3) is 0 Å². The van der Waals surface area contributed by atoms with Crippen LogP contribution in [-0.2, 0) is 5.41 Å². The van der Waals surface area contributed by atoms with Crippen molar-refractivity contribution in [3.63, 3.8) is 0 Å². The van der Waals surface area contributed by atoms with Gasteiger partial charge < -0.3 is 4.90 Å². The molecule has 5 heteroatoms. The zero-order chi connectivity index (χ0) is 10.8. The van der Waals surface area contributed by atoms with Gasteiger partial charge in [0.1, 0.15) is 5.01 Å². The molecule has 0 aromatic carbocycles. The van der Waals surface area contributed by atoms with E-state index in [9.17, 15) is 0 Å². The summed E-state index contributed by atoms with van der Waals surface area (Å²) >= 11 is 1.53. The van der Waals surface area contributed by atoms with Crippen molar-refractivity contribution in [2.45, 2.75) is 26.2 Å². The van der Waals surface area contributed by atoms with Gasteiger partial charge >= 0.3 is 0 Å². The summed E-state index contributed by atoms with van der Waals surface area (Å²) in [5.41, 5.74) is 0.0591. The van der Waals surface area contributed by atoms with Gasteiger partial charge in [0.2, 0.25) is 5.13 Å². The largest absolute Gasteiger partial charge is 0.369 e. The zero-order valence-electron chi connectivity index (χ0n) is 9.27. The van der Waals surface area contributed by atoms with Gasteiger partial charge in [-0.15, -0.1) is 10.2 Å². The Morgan fingerprint density at radius 3 is 2.36 bits per heavy atom. The van der Waals surface area contributed by atoms with E-state index in [4.69, 9.17) is 0 Å². The van der Waals surface area contributed by atoms with Crippen molar-refractivity contribution < 1.29 is 0 Å². The van der Waals surface area contributed by atoms with Gasteiger partial charge in [-0.05, 0) is 0 Å². The Hall–Kier alpha value is -0.970. The van der Waals surface area contributed by atoms with Crippen molar-refractivity contribution >= 4 is 22.8 Å². The first-order valence-corrected chi connectivity index (χ1v) is 5.26. The fourth-order valence-corrected chi connectivity index (χ4v) is 1.48. The van der Waals surface area contributed by atoms with Crippen molar-refractivity contribution in [3.8, 4) is 0 Å². The topological polar surface area (TPSA) is 41.4 Å². The molecule has 0 saturated carbocycles. The molecule has 0 radical (unpaired) electrons. The summed E-state index contributed by atoms with van der Waals surface area (Å²) in [5.74, 6) is 0. The van der Waals surface area contributed by atoms with E-state index in [1.165, 1.54) is 11.3 Å². The van der Waals surface area contributed by atoms with Crippen molar-refractivity contribution in [2.24, 2.45) is 4.99 Å². The number of hydrogen-bond acceptors (Lipinski definition) is 4. The van der Waals surface area contributed by atoms with Crippen molar-refractivity contribution in [2.75, 3.05) is 14.1 Å². The van der Waals surface area contributed by atoms with Gasteiger partial charge in [-0.25, -0.2) is 4.99 Å². The Labute approximate surface area is 88.7 Å². The second kappa shape index (κ2) is 4.04. The van der Waals surface area contributed by atoms with Crippen LogP contribution in [0.3, 0.4) is 0 Å². The molecule has 0 saturated heterocycles. The molecule has 1 aromatic rings. The number of aromatic nitrogens is 2. The predicted molar refractivity (Wildman–Crippen MR) is 60.4 cm³/mol. The lowest BCUT2D eigenvalue weighted by atomic mass is 9.98. The summed E-state index contributed by atoms with van der Waals surface area (Å²) in [6.45, 7) is 6.35. The Morgan fingerprint density at radius 2 is 1.93 bits per heavy atom. The molecule has 0 atom stereocenters. The zero-order valence-corrected chi connectivity index (χ0v) is 10.1. The minimum absolute atomic E-state index is 0.0591. The highest BCUT2D eigenvalue weighted by atomic mass is 32.1. The summed E-state index contributed by atoms with van der Waals surface area (Å²) in [6.07, 6.45) is 1.73. The number of aliphatic imine (C=N–C) groups is 1. The molecule has 0 fully saturated rings. The lowest BCUT2D eigenvalue weighted by Gasteiger charge is -2.11. The summed E-state index contributed by atoms with van der Waals surface area (Å²) in [4.78, 5) is 6.06. The van der Waals surface area contributed by atoms with Crippen LogP contribution in [0.1, 0.15) is 25.8 Å². The molecule has 1 aromatic heterocycles. The molecule has 0 N–H and O–H groups in total. The first kappa shape index (κ1) is 11.1. The average molecular weight is 212 g/mol. The van der Waals surface area contributed by atoms with Crippen molar-refractivity contribution in [3.05, 3.63) is 5.01 Å². The monoisotopic (exact) mass is 212 g/mol. The Balaban J connectivity index is 2.79. The first-order chi connectivity index (χ1) is 6.39. The highest BCUT2D eigenvalue weighted by Crippen LogP contribution is 2.28. The lowest BCUT2D eigenvalue weighted by molar-refractivity contribution is 0.578. The molecule has 0 bridgehead atoms. The summed E-state index contributed by atoms with van der Waals surface area (Å²) in [7, 11) is 3.85. The van der Waals surface area contributed by atoms with E-state index in [1.807, 2.05) is 19.0 Å². The van der Waals surface area contributed by atoms with E-state index in [2.05, 4.69) is 36.0 Å². The second-order valence-corrected chi connectivity index (χ2v) is 5.30. The fraction of sp³-hybridized carbons (Fsp3) is 0.667. The first-order valence-electron chi connectivity index (χ1n) is 4.44. The van der Waals surface area contributed by atoms with Crippen LogP contribution in [0.2, 0.25) is 0 Å². The van der Waals surface area contributed by atoms with Gasteiger partial charge in [-0.1, -0.05) is 32.1 Å². The number of nitrogens with zero attached hydrogens (tertiary/aromatic N) is 4. The van der Waals surface area contributed by atoms with E-state index in [-0.39, 0.29) is 5.41 Å². The number of rotatable bonds is 2. The summed E-state index contributed by atoms with van der Waals surface area (Å²) in [6, 6.07) is 0. The highest BCUT2D eigenvalue weighted by molar-refractivity contribution is 7.15. The maximum absolute atomic E-state index is 4.19. The Kier molecular flexibility index (Phi) is 3.21. The van der Waals surface area contributed by atoms with Gasteiger partial charge in [-0.2, -0.15) is 0 Å². The molecule has 0 aliphatic rings. The second-order valence-electron chi connectivity index (χ2n) is 4.35. The normalized spacial score (nSPS) is 12.4. The van der Waals surface area contributed by atoms with Gasteiger partial charge in [-0.3, -0.25) is 0 Å². The third kappa shape index (κ3) is 3.06. The molecule has 0 aliphatic carbocycles. The van der Waals surface area contributed by atoms with Crippen LogP contribution in [0.15, 0.2) is 4.99 Å². The van der Waals surface area contributed by atoms with Gasteiger partial charge in [0.15, 0.2) is 0 Å². The Bertz CT molecular complexity index is 322. The molecule has 1 heterocycles. The van der Waals surface area contributed by atoms with Crippen molar-refractivity contribution in [1.82, 2.24) is 15.1 Å². The van der Waals surface area contributed by atoms with Crippen LogP contribution >= 0.6 is 11.3 Å². The predicted octanol–water partition coefficient (Wildman–Crippen LogP) is 2.06. The van der Waals surface area contributed by atoms with Crippen LogP contribution in [0.5, 0.6) is 0 Å². The molecule has 78 valence electrons. The molecule has 4 nitrogen and oxygen atoms in total. The molecule has 0 unspecified atom stereocenters. The van der Waals surface area contributed by atoms with Crippen molar-refractivity contribution in [1.29, 1.82) is 0 Å². The highest BCUT2D eigenvalue weighted by Gasteiger charge is 2.18. The minimum Gasteiger partial charge on any atom is -0.369 e. The smallest absolute Gasteiger partial charge is 0.233 e. The fourth-order valence-electron chi connectivity index (χ4n) is 0.736. The number of hydrogen-bond donors (Lipinski definition) is 0. The maximum Gasteiger partial charge on any atom is 0.233 e. The maximum atomic E-state index is 4.19. The van der Waals surface area contributed by atoms with Crippen LogP contribution in [-0.4, -0.2) is 35.5 Å². The van der Waals surface area contributed by atoms with E-state index < -0.39 is 0 Å². The average Bonchev–Trinajstić information content (AvgIpc) is 2.47.